The highest BCUT2D eigenvalue weighted by molar-refractivity contribution is 7.92. The maximum absolute atomic E-state index is 11.9. The van der Waals surface area contributed by atoms with Crippen molar-refractivity contribution in [2.24, 2.45) is 0 Å². The largest absolute Gasteiger partial charge is 0.392 e. The van der Waals surface area contributed by atoms with Crippen LogP contribution in [0, 0.1) is 0 Å². The average Bonchev–Trinajstić information content (AvgIpc) is 2.53. The molecule has 0 saturated carbocycles. The Morgan fingerprint density at radius 1 is 0.952 bits per heavy atom. The minimum atomic E-state index is -3.47. The van der Waals surface area contributed by atoms with Crippen molar-refractivity contribution in [3.63, 3.8) is 0 Å². The van der Waals surface area contributed by atoms with Gasteiger partial charge in [0.1, 0.15) is 0 Å². The van der Waals surface area contributed by atoms with Gasteiger partial charge in [0.05, 0.1) is 6.61 Å². The maximum atomic E-state index is 11.9. The lowest BCUT2D eigenvalue weighted by Crippen LogP contribution is -2.20. The van der Waals surface area contributed by atoms with Crippen molar-refractivity contribution < 1.29 is 13.5 Å². The first-order valence-corrected chi connectivity index (χ1v) is 8.05. The summed E-state index contributed by atoms with van der Waals surface area (Å²) in [6, 6.07) is 16.3. The van der Waals surface area contributed by atoms with Crippen LogP contribution in [0.15, 0.2) is 60.0 Å². The smallest absolute Gasteiger partial charge is 0.234 e. The van der Waals surface area contributed by atoms with E-state index in [1.165, 1.54) is 0 Å². The quantitative estimate of drug-likeness (QED) is 0.860. The third kappa shape index (κ3) is 5.15. The molecule has 0 amide bonds. The normalized spacial score (nSPS) is 11.9. The third-order valence-electron chi connectivity index (χ3n) is 2.92. The lowest BCUT2D eigenvalue weighted by Gasteiger charge is -2.04. The van der Waals surface area contributed by atoms with E-state index in [1.807, 2.05) is 30.3 Å². The molecular weight excluding hydrogens is 286 g/mol. The topological polar surface area (TPSA) is 66.4 Å². The van der Waals surface area contributed by atoms with Crippen molar-refractivity contribution >= 4 is 16.1 Å². The van der Waals surface area contributed by atoms with Crippen molar-refractivity contribution in [3.8, 4) is 0 Å². The second kappa shape index (κ2) is 7.17. The van der Waals surface area contributed by atoms with Crippen LogP contribution < -0.4 is 4.72 Å². The molecule has 0 aromatic heterocycles. The Kier molecular flexibility index (Phi) is 5.27. The molecule has 5 heteroatoms. The van der Waals surface area contributed by atoms with Gasteiger partial charge in [-0.15, -0.1) is 0 Å². The van der Waals surface area contributed by atoms with Gasteiger partial charge >= 0.3 is 0 Å². The van der Waals surface area contributed by atoms with Crippen LogP contribution >= 0.6 is 0 Å². The van der Waals surface area contributed by atoms with Crippen molar-refractivity contribution in [1.29, 1.82) is 0 Å². The molecule has 0 heterocycles. The number of sulfonamides is 1. The summed E-state index contributed by atoms with van der Waals surface area (Å²) in [6.45, 7) is 0.193. The molecular formula is C16H17NO3S. The van der Waals surface area contributed by atoms with E-state index < -0.39 is 10.0 Å². The van der Waals surface area contributed by atoms with E-state index in [-0.39, 0.29) is 13.2 Å². The molecule has 0 fully saturated rings. The van der Waals surface area contributed by atoms with E-state index in [9.17, 15) is 8.42 Å². The second-order valence-electron chi connectivity index (χ2n) is 4.55. The summed E-state index contributed by atoms with van der Waals surface area (Å²) < 4.78 is 26.2. The molecule has 2 rings (SSSR count). The highest BCUT2D eigenvalue weighted by Gasteiger charge is 2.04. The highest BCUT2D eigenvalue weighted by atomic mass is 32.2. The molecule has 2 aromatic rings. The van der Waals surface area contributed by atoms with Gasteiger partial charge in [0.2, 0.25) is 10.0 Å². The van der Waals surface area contributed by atoms with Crippen LogP contribution in [0.1, 0.15) is 16.7 Å². The SMILES string of the molecule is O=S(=O)(/C=C/c1ccccc1)NCc1ccc(CO)cc1. The van der Waals surface area contributed by atoms with Crippen LogP contribution in [0.25, 0.3) is 6.08 Å². The first-order chi connectivity index (χ1) is 10.1. The molecule has 0 aliphatic heterocycles. The van der Waals surface area contributed by atoms with Crippen LogP contribution in [0.5, 0.6) is 0 Å². The van der Waals surface area contributed by atoms with Crippen LogP contribution in [0.2, 0.25) is 0 Å². The van der Waals surface area contributed by atoms with Crippen molar-refractivity contribution in [2.75, 3.05) is 0 Å². The standard InChI is InChI=1S/C16H17NO3S/c18-13-16-8-6-15(7-9-16)12-17-21(19,20)11-10-14-4-2-1-3-5-14/h1-11,17-18H,12-13H2/b11-10+. The van der Waals surface area contributed by atoms with E-state index in [2.05, 4.69) is 4.72 Å². The molecule has 21 heavy (non-hydrogen) atoms. The number of rotatable bonds is 6. The van der Waals surface area contributed by atoms with E-state index in [0.717, 1.165) is 22.1 Å². The zero-order valence-electron chi connectivity index (χ0n) is 11.4. The van der Waals surface area contributed by atoms with Gasteiger partial charge in [-0.05, 0) is 22.8 Å². The summed E-state index contributed by atoms with van der Waals surface area (Å²) in [6.07, 6.45) is 1.55. The molecule has 0 spiro atoms. The fraction of sp³-hybridized carbons (Fsp3) is 0.125. The monoisotopic (exact) mass is 303 g/mol. The predicted molar refractivity (Wildman–Crippen MR) is 83.6 cm³/mol. The third-order valence-corrected chi connectivity index (χ3v) is 3.96. The lowest BCUT2D eigenvalue weighted by atomic mass is 10.1. The average molecular weight is 303 g/mol. The van der Waals surface area contributed by atoms with Crippen LogP contribution in [0.3, 0.4) is 0 Å². The molecule has 0 radical (unpaired) electrons. The zero-order chi connectivity index (χ0) is 15.1. The highest BCUT2D eigenvalue weighted by Crippen LogP contribution is 2.06. The van der Waals surface area contributed by atoms with Gasteiger partial charge in [0.25, 0.3) is 0 Å². The number of aliphatic hydroxyl groups excluding tert-OH is 1. The van der Waals surface area contributed by atoms with E-state index in [0.29, 0.717) is 0 Å². The fourth-order valence-corrected chi connectivity index (χ4v) is 2.53. The van der Waals surface area contributed by atoms with Crippen molar-refractivity contribution in [3.05, 3.63) is 76.7 Å². The number of hydrogen-bond donors (Lipinski definition) is 2. The van der Waals surface area contributed by atoms with E-state index in [1.54, 1.807) is 30.3 Å². The Bertz CT molecular complexity index is 692. The van der Waals surface area contributed by atoms with Gasteiger partial charge in [-0.2, -0.15) is 0 Å². The zero-order valence-corrected chi connectivity index (χ0v) is 12.3. The van der Waals surface area contributed by atoms with Crippen molar-refractivity contribution in [2.45, 2.75) is 13.2 Å². The van der Waals surface area contributed by atoms with E-state index >= 15 is 0 Å². The summed E-state index contributed by atoms with van der Waals surface area (Å²) in [5, 5.41) is 10.1. The Hall–Kier alpha value is -1.95. The Morgan fingerprint density at radius 3 is 2.19 bits per heavy atom. The number of nitrogens with one attached hydrogen (secondary N) is 1. The molecule has 0 bridgehead atoms. The molecule has 2 N–H and O–H groups in total. The minimum absolute atomic E-state index is 0.0220. The number of benzene rings is 2. The minimum Gasteiger partial charge on any atom is -0.392 e. The molecule has 0 aliphatic carbocycles. The number of aliphatic hydroxyl groups is 1. The first kappa shape index (κ1) is 15.4. The molecule has 0 aliphatic rings. The molecule has 110 valence electrons. The van der Waals surface area contributed by atoms with Gasteiger partial charge in [-0.1, -0.05) is 54.6 Å². The fourth-order valence-electron chi connectivity index (χ4n) is 1.73. The van der Waals surface area contributed by atoms with Crippen LogP contribution in [-0.4, -0.2) is 13.5 Å². The molecule has 0 saturated heterocycles. The summed E-state index contributed by atoms with van der Waals surface area (Å²) >= 11 is 0. The maximum Gasteiger partial charge on any atom is 0.234 e. The van der Waals surface area contributed by atoms with Gasteiger partial charge in [-0.25, -0.2) is 13.1 Å². The van der Waals surface area contributed by atoms with Gasteiger partial charge < -0.3 is 5.11 Å². The Balaban J connectivity index is 1.96. The Labute approximate surface area is 124 Å². The molecule has 0 unspecified atom stereocenters. The molecule has 2 aromatic carbocycles. The lowest BCUT2D eigenvalue weighted by molar-refractivity contribution is 0.282. The predicted octanol–water partition coefficient (Wildman–Crippen LogP) is 2.27. The number of hydrogen-bond acceptors (Lipinski definition) is 3. The molecule has 0 atom stereocenters. The van der Waals surface area contributed by atoms with Gasteiger partial charge in [0.15, 0.2) is 0 Å². The van der Waals surface area contributed by atoms with E-state index in [4.69, 9.17) is 5.11 Å². The molecule has 4 nitrogen and oxygen atoms in total. The van der Waals surface area contributed by atoms with Gasteiger partial charge in [-0.3, -0.25) is 0 Å². The summed E-state index contributed by atoms with van der Waals surface area (Å²) in [4.78, 5) is 0. The van der Waals surface area contributed by atoms with Gasteiger partial charge in [0, 0.05) is 12.0 Å². The first-order valence-electron chi connectivity index (χ1n) is 6.50. The second-order valence-corrected chi connectivity index (χ2v) is 6.21. The van der Waals surface area contributed by atoms with Crippen LogP contribution in [-0.2, 0) is 23.2 Å². The van der Waals surface area contributed by atoms with Crippen LogP contribution in [0.4, 0.5) is 0 Å². The Morgan fingerprint density at radius 2 is 1.57 bits per heavy atom. The summed E-state index contributed by atoms with van der Waals surface area (Å²) in [5.74, 6) is 0. The summed E-state index contributed by atoms with van der Waals surface area (Å²) in [7, 11) is -3.47. The summed E-state index contributed by atoms with van der Waals surface area (Å²) in [5.41, 5.74) is 2.46. The van der Waals surface area contributed by atoms with Crippen molar-refractivity contribution in [1.82, 2.24) is 4.72 Å².